The van der Waals surface area contributed by atoms with Crippen molar-refractivity contribution in [2.24, 2.45) is 5.73 Å². The summed E-state index contributed by atoms with van der Waals surface area (Å²) in [7, 11) is 0. The molecule has 3 N–H and O–H groups in total. The highest BCUT2D eigenvalue weighted by atomic mass is 35.5. The van der Waals surface area contributed by atoms with Gasteiger partial charge >= 0.3 is 0 Å². The zero-order chi connectivity index (χ0) is 10.0. The minimum absolute atomic E-state index is 0.264. The van der Waals surface area contributed by atoms with Crippen LogP contribution in [0.4, 0.5) is 0 Å². The highest BCUT2D eigenvalue weighted by Crippen LogP contribution is 2.22. The number of aliphatic hydroxyl groups is 1. The molecule has 2 unspecified atom stereocenters. The molecule has 0 amide bonds. The molecule has 0 saturated heterocycles. The summed E-state index contributed by atoms with van der Waals surface area (Å²) >= 11 is 5.79. The zero-order valence-electron chi connectivity index (χ0n) is 7.79. The first kappa shape index (κ1) is 10.5. The van der Waals surface area contributed by atoms with E-state index in [1.54, 1.807) is 13.0 Å². The molecule has 1 aromatic rings. The van der Waals surface area contributed by atoms with E-state index in [1.807, 2.05) is 19.1 Å². The summed E-state index contributed by atoms with van der Waals surface area (Å²) in [6, 6.07) is 5.13. The molecule has 0 aromatic heterocycles. The molecular formula is C10H14ClNO. The lowest BCUT2D eigenvalue weighted by Gasteiger charge is -2.17. The van der Waals surface area contributed by atoms with Crippen LogP contribution in [0.5, 0.6) is 0 Å². The SMILES string of the molecule is Cc1cc(Cl)ccc1C(O)C(C)N. The number of hydrogen-bond acceptors (Lipinski definition) is 2. The summed E-state index contributed by atoms with van der Waals surface area (Å²) in [5.74, 6) is 0. The number of aryl methyl sites for hydroxylation is 1. The minimum atomic E-state index is -0.614. The van der Waals surface area contributed by atoms with Crippen LogP contribution in [0.2, 0.25) is 5.02 Å². The smallest absolute Gasteiger partial charge is 0.0940 e. The first-order valence-electron chi connectivity index (χ1n) is 4.22. The van der Waals surface area contributed by atoms with Crippen molar-refractivity contribution in [2.45, 2.75) is 26.0 Å². The number of hydrogen-bond donors (Lipinski definition) is 2. The molecule has 72 valence electrons. The lowest BCUT2D eigenvalue weighted by molar-refractivity contribution is 0.152. The molecule has 0 fully saturated rings. The molecule has 0 aliphatic heterocycles. The molecule has 3 heteroatoms. The number of halogens is 1. The van der Waals surface area contributed by atoms with Crippen LogP contribution in [-0.4, -0.2) is 11.1 Å². The third-order valence-electron chi connectivity index (χ3n) is 2.05. The normalized spacial score (nSPS) is 15.5. The fourth-order valence-electron chi connectivity index (χ4n) is 1.25. The van der Waals surface area contributed by atoms with E-state index in [0.29, 0.717) is 5.02 Å². The Labute approximate surface area is 83.3 Å². The Bertz CT molecular complexity index is 299. The van der Waals surface area contributed by atoms with Crippen LogP contribution in [0.15, 0.2) is 18.2 Å². The van der Waals surface area contributed by atoms with Crippen molar-refractivity contribution < 1.29 is 5.11 Å². The molecule has 0 heterocycles. The number of rotatable bonds is 2. The van der Waals surface area contributed by atoms with E-state index in [-0.39, 0.29) is 6.04 Å². The van der Waals surface area contributed by atoms with Gasteiger partial charge in [-0.05, 0) is 37.1 Å². The summed E-state index contributed by atoms with van der Waals surface area (Å²) in [5.41, 5.74) is 7.41. The molecular weight excluding hydrogens is 186 g/mol. The highest BCUT2D eigenvalue weighted by molar-refractivity contribution is 6.30. The van der Waals surface area contributed by atoms with Crippen molar-refractivity contribution in [2.75, 3.05) is 0 Å². The van der Waals surface area contributed by atoms with Crippen molar-refractivity contribution in [1.29, 1.82) is 0 Å². The largest absolute Gasteiger partial charge is 0.387 e. The Morgan fingerprint density at radius 1 is 1.46 bits per heavy atom. The highest BCUT2D eigenvalue weighted by Gasteiger charge is 2.14. The third-order valence-corrected chi connectivity index (χ3v) is 2.28. The van der Waals surface area contributed by atoms with Gasteiger partial charge in [-0.2, -0.15) is 0 Å². The van der Waals surface area contributed by atoms with Gasteiger partial charge in [-0.25, -0.2) is 0 Å². The Morgan fingerprint density at radius 3 is 2.54 bits per heavy atom. The maximum atomic E-state index is 9.70. The van der Waals surface area contributed by atoms with E-state index in [2.05, 4.69) is 0 Å². The first-order chi connectivity index (χ1) is 6.02. The average molecular weight is 200 g/mol. The number of nitrogens with two attached hydrogens (primary N) is 1. The van der Waals surface area contributed by atoms with Gasteiger partial charge in [0.15, 0.2) is 0 Å². The van der Waals surface area contributed by atoms with Crippen LogP contribution < -0.4 is 5.73 Å². The van der Waals surface area contributed by atoms with Gasteiger partial charge in [0, 0.05) is 11.1 Å². The zero-order valence-corrected chi connectivity index (χ0v) is 8.55. The van der Waals surface area contributed by atoms with Crippen LogP contribution in [0.1, 0.15) is 24.2 Å². The van der Waals surface area contributed by atoms with Crippen LogP contribution in [0.3, 0.4) is 0 Å². The fraction of sp³-hybridized carbons (Fsp3) is 0.400. The van der Waals surface area contributed by atoms with Crippen molar-refractivity contribution in [3.8, 4) is 0 Å². The standard InChI is InChI=1S/C10H14ClNO/c1-6-5-8(11)3-4-9(6)10(13)7(2)12/h3-5,7,10,13H,12H2,1-2H3. The Morgan fingerprint density at radius 2 is 2.08 bits per heavy atom. The predicted molar refractivity (Wildman–Crippen MR) is 54.8 cm³/mol. The van der Waals surface area contributed by atoms with Gasteiger partial charge in [-0.1, -0.05) is 17.7 Å². The molecule has 13 heavy (non-hydrogen) atoms. The second kappa shape index (κ2) is 4.09. The van der Waals surface area contributed by atoms with Crippen LogP contribution in [0.25, 0.3) is 0 Å². The van der Waals surface area contributed by atoms with Gasteiger partial charge < -0.3 is 10.8 Å². The van der Waals surface area contributed by atoms with Crippen molar-refractivity contribution in [1.82, 2.24) is 0 Å². The summed E-state index contributed by atoms with van der Waals surface area (Å²) in [6.45, 7) is 3.69. The van der Waals surface area contributed by atoms with Crippen molar-refractivity contribution in [3.63, 3.8) is 0 Å². The van der Waals surface area contributed by atoms with Crippen LogP contribution in [0, 0.1) is 6.92 Å². The van der Waals surface area contributed by atoms with E-state index in [9.17, 15) is 5.11 Å². The van der Waals surface area contributed by atoms with E-state index < -0.39 is 6.10 Å². The molecule has 0 aliphatic carbocycles. The van der Waals surface area contributed by atoms with Crippen LogP contribution in [-0.2, 0) is 0 Å². The molecule has 2 nitrogen and oxygen atoms in total. The monoisotopic (exact) mass is 199 g/mol. The Hall–Kier alpha value is -0.570. The van der Waals surface area contributed by atoms with Crippen LogP contribution >= 0.6 is 11.6 Å². The van der Waals surface area contributed by atoms with Gasteiger partial charge in [-0.3, -0.25) is 0 Å². The molecule has 1 rings (SSSR count). The Kier molecular flexibility index (Phi) is 3.31. The van der Waals surface area contributed by atoms with Crippen molar-refractivity contribution >= 4 is 11.6 Å². The minimum Gasteiger partial charge on any atom is -0.387 e. The van der Waals surface area contributed by atoms with Gasteiger partial charge in [-0.15, -0.1) is 0 Å². The molecule has 0 saturated carbocycles. The van der Waals surface area contributed by atoms with Gasteiger partial charge in [0.1, 0.15) is 0 Å². The second-order valence-electron chi connectivity index (χ2n) is 3.30. The maximum absolute atomic E-state index is 9.70. The lowest BCUT2D eigenvalue weighted by Crippen LogP contribution is -2.24. The summed E-state index contributed by atoms with van der Waals surface area (Å²) in [6.07, 6.45) is -0.614. The topological polar surface area (TPSA) is 46.2 Å². The molecule has 0 radical (unpaired) electrons. The van der Waals surface area contributed by atoms with Gasteiger partial charge in [0.25, 0.3) is 0 Å². The van der Waals surface area contributed by atoms with E-state index >= 15 is 0 Å². The maximum Gasteiger partial charge on any atom is 0.0940 e. The first-order valence-corrected chi connectivity index (χ1v) is 4.60. The second-order valence-corrected chi connectivity index (χ2v) is 3.74. The number of benzene rings is 1. The van der Waals surface area contributed by atoms with E-state index in [4.69, 9.17) is 17.3 Å². The molecule has 2 atom stereocenters. The van der Waals surface area contributed by atoms with Gasteiger partial charge in [0.05, 0.1) is 6.10 Å². The summed E-state index contributed by atoms with van der Waals surface area (Å²) < 4.78 is 0. The molecule has 0 spiro atoms. The molecule has 0 aliphatic rings. The number of aliphatic hydroxyl groups excluding tert-OH is 1. The molecule has 0 bridgehead atoms. The summed E-state index contributed by atoms with van der Waals surface area (Å²) in [4.78, 5) is 0. The molecule has 1 aromatic carbocycles. The quantitative estimate of drug-likeness (QED) is 0.766. The summed E-state index contributed by atoms with van der Waals surface area (Å²) in [5, 5.41) is 10.4. The van der Waals surface area contributed by atoms with E-state index in [1.165, 1.54) is 0 Å². The third kappa shape index (κ3) is 2.44. The Balaban J connectivity index is 3.01. The predicted octanol–water partition coefficient (Wildman–Crippen LogP) is 2.03. The average Bonchev–Trinajstić information content (AvgIpc) is 2.03. The van der Waals surface area contributed by atoms with Gasteiger partial charge in [0.2, 0.25) is 0 Å². The fourth-order valence-corrected chi connectivity index (χ4v) is 1.48. The lowest BCUT2D eigenvalue weighted by atomic mass is 9.99. The van der Waals surface area contributed by atoms with Crippen molar-refractivity contribution in [3.05, 3.63) is 34.3 Å². The van der Waals surface area contributed by atoms with E-state index in [0.717, 1.165) is 11.1 Å².